The molecule has 0 aromatic heterocycles. The zero-order valence-corrected chi connectivity index (χ0v) is 16.3. The SMILES string of the molecule is COc1ccc(N2CC(C)N(Cc3ccc(OC)cc3OC)CC2=O)cc1. The van der Waals surface area contributed by atoms with Gasteiger partial charge in [0.15, 0.2) is 0 Å². The third-order valence-electron chi connectivity index (χ3n) is 4.96. The number of methoxy groups -OCH3 is 3. The summed E-state index contributed by atoms with van der Waals surface area (Å²) >= 11 is 0. The predicted molar refractivity (Wildman–Crippen MR) is 105 cm³/mol. The van der Waals surface area contributed by atoms with Crippen molar-refractivity contribution >= 4 is 11.6 Å². The molecule has 144 valence electrons. The molecule has 0 N–H and O–H groups in total. The van der Waals surface area contributed by atoms with Gasteiger partial charge >= 0.3 is 0 Å². The van der Waals surface area contributed by atoms with Crippen LogP contribution in [0.1, 0.15) is 12.5 Å². The highest BCUT2D eigenvalue weighted by atomic mass is 16.5. The molecule has 1 saturated heterocycles. The number of amides is 1. The van der Waals surface area contributed by atoms with E-state index < -0.39 is 0 Å². The van der Waals surface area contributed by atoms with Gasteiger partial charge < -0.3 is 19.1 Å². The molecule has 0 bridgehead atoms. The summed E-state index contributed by atoms with van der Waals surface area (Å²) in [5.74, 6) is 2.39. The number of hydrogen-bond donors (Lipinski definition) is 0. The lowest BCUT2D eigenvalue weighted by atomic mass is 10.1. The summed E-state index contributed by atoms with van der Waals surface area (Å²) in [6.07, 6.45) is 0. The molecule has 2 aromatic rings. The molecule has 6 heteroatoms. The third-order valence-corrected chi connectivity index (χ3v) is 4.96. The van der Waals surface area contributed by atoms with Crippen LogP contribution in [0.5, 0.6) is 17.2 Å². The Kier molecular flexibility index (Phi) is 5.86. The number of benzene rings is 2. The first-order valence-electron chi connectivity index (χ1n) is 8.95. The van der Waals surface area contributed by atoms with Crippen LogP contribution in [-0.2, 0) is 11.3 Å². The van der Waals surface area contributed by atoms with E-state index >= 15 is 0 Å². The fraction of sp³-hybridized carbons (Fsp3) is 0.381. The molecule has 1 unspecified atom stereocenters. The fourth-order valence-electron chi connectivity index (χ4n) is 3.32. The van der Waals surface area contributed by atoms with Crippen LogP contribution >= 0.6 is 0 Å². The number of anilines is 1. The van der Waals surface area contributed by atoms with Gasteiger partial charge in [0.05, 0.1) is 27.9 Å². The maximum absolute atomic E-state index is 12.8. The van der Waals surface area contributed by atoms with Crippen LogP contribution in [0.25, 0.3) is 0 Å². The Morgan fingerprint density at radius 1 is 0.963 bits per heavy atom. The van der Waals surface area contributed by atoms with Crippen LogP contribution < -0.4 is 19.1 Å². The van der Waals surface area contributed by atoms with Crippen molar-refractivity contribution in [3.05, 3.63) is 48.0 Å². The molecule has 2 aromatic carbocycles. The van der Waals surface area contributed by atoms with Gasteiger partial charge in [-0.25, -0.2) is 0 Å². The molecule has 1 aliphatic heterocycles. The van der Waals surface area contributed by atoms with E-state index in [0.29, 0.717) is 19.6 Å². The minimum Gasteiger partial charge on any atom is -0.497 e. The molecule has 6 nitrogen and oxygen atoms in total. The second-order valence-electron chi connectivity index (χ2n) is 6.63. The fourth-order valence-corrected chi connectivity index (χ4v) is 3.32. The number of ether oxygens (including phenoxy) is 3. The van der Waals surface area contributed by atoms with Crippen molar-refractivity contribution in [1.82, 2.24) is 4.90 Å². The maximum Gasteiger partial charge on any atom is 0.241 e. The van der Waals surface area contributed by atoms with E-state index in [9.17, 15) is 4.79 Å². The van der Waals surface area contributed by atoms with Crippen molar-refractivity contribution in [1.29, 1.82) is 0 Å². The van der Waals surface area contributed by atoms with Crippen LogP contribution in [0.3, 0.4) is 0 Å². The lowest BCUT2D eigenvalue weighted by Gasteiger charge is -2.39. The zero-order chi connectivity index (χ0) is 19.4. The van der Waals surface area contributed by atoms with Crippen molar-refractivity contribution in [3.8, 4) is 17.2 Å². The van der Waals surface area contributed by atoms with Gasteiger partial charge in [0.1, 0.15) is 17.2 Å². The zero-order valence-electron chi connectivity index (χ0n) is 16.3. The summed E-state index contributed by atoms with van der Waals surface area (Å²) in [5, 5.41) is 0. The van der Waals surface area contributed by atoms with E-state index in [4.69, 9.17) is 14.2 Å². The van der Waals surface area contributed by atoms with E-state index in [1.54, 1.807) is 21.3 Å². The molecule has 1 atom stereocenters. The standard InChI is InChI=1S/C21H26N2O4/c1-15-12-23(17-6-9-18(25-2)10-7-17)21(24)14-22(15)13-16-5-8-19(26-3)11-20(16)27-4/h5-11,15H,12-14H2,1-4H3. The highest BCUT2D eigenvalue weighted by molar-refractivity contribution is 5.95. The molecule has 1 aliphatic rings. The average Bonchev–Trinajstić information content (AvgIpc) is 2.70. The molecule has 1 heterocycles. The van der Waals surface area contributed by atoms with Crippen molar-refractivity contribution in [2.45, 2.75) is 19.5 Å². The highest BCUT2D eigenvalue weighted by Gasteiger charge is 2.30. The topological polar surface area (TPSA) is 51.2 Å². The molecule has 0 saturated carbocycles. The molecule has 0 aliphatic carbocycles. The average molecular weight is 370 g/mol. The van der Waals surface area contributed by atoms with Gasteiger partial charge in [-0.05, 0) is 37.3 Å². The number of rotatable bonds is 6. The number of piperazine rings is 1. The second kappa shape index (κ2) is 8.31. The highest BCUT2D eigenvalue weighted by Crippen LogP contribution is 2.28. The summed E-state index contributed by atoms with van der Waals surface area (Å²) < 4.78 is 15.9. The van der Waals surface area contributed by atoms with Crippen LogP contribution in [0.4, 0.5) is 5.69 Å². The molecule has 27 heavy (non-hydrogen) atoms. The Morgan fingerprint density at radius 2 is 1.63 bits per heavy atom. The summed E-state index contributed by atoms with van der Waals surface area (Å²) in [6.45, 7) is 3.79. The van der Waals surface area contributed by atoms with Gasteiger partial charge in [-0.2, -0.15) is 0 Å². The van der Waals surface area contributed by atoms with Crippen molar-refractivity contribution in [3.63, 3.8) is 0 Å². The van der Waals surface area contributed by atoms with Crippen molar-refractivity contribution in [2.75, 3.05) is 39.3 Å². The first-order chi connectivity index (χ1) is 13.0. The number of carbonyl (C=O) groups excluding carboxylic acids is 1. The Bertz CT molecular complexity index is 791. The van der Waals surface area contributed by atoms with Gasteiger partial charge in [-0.3, -0.25) is 9.69 Å². The number of carbonyl (C=O) groups is 1. The maximum atomic E-state index is 12.8. The van der Waals surface area contributed by atoms with Gasteiger partial charge in [-0.15, -0.1) is 0 Å². The van der Waals surface area contributed by atoms with Crippen molar-refractivity contribution < 1.29 is 19.0 Å². The first kappa shape index (κ1) is 19.0. The number of hydrogen-bond acceptors (Lipinski definition) is 5. The quantitative estimate of drug-likeness (QED) is 0.783. The van der Waals surface area contributed by atoms with Crippen LogP contribution in [0.15, 0.2) is 42.5 Å². The minimum absolute atomic E-state index is 0.0887. The van der Waals surface area contributed by atoms with Crippen molar-refractivity contribution in [2.24, 2.45) is 0 Å². The molecule has 0 spiro atoms. The summed E-state index contributed by atoms with van der Waals surface area (Å²) in [7, 11) is 4.91. The van der Waals surface area contributed by atoms with E-state index in [-0.39, 0.29) is 11.9 Å². The summed E-state index contributed by atoms with van der Waals surface area (Å²) in [6, 6.07) is 13.6. The summed E-state index contributed by atoms with van der Waals surface area (Å²) in [4.78, 5) is 16.8. The lowest BCUT2D eigenvalue weighted by Crippen LogP contribution is -2.54. The summed E-state index contributed by atoms with van der Waals surface area (Å²) in [5.41, 5.74) is 1.94. The first-order valence-corrected chi connectivity index (χ1v) is 8.95. The molecule has 1 fully saturated rings. The smallest absolute Gasteiger partial charge is 0.241 e. The molecule has 0 radical (unpaired) electrons. The molecule has 1 amide bonds. The Balaban J connectivity index is 1.72. The van der Waals surface area contributed by atoms with E-state index in [2.05, 4.69) is 11.8 Å². The molecular formula is C21H26N2O4. The normalized spacial score (nSPS) is 17.7. The number of nitrogens with zero attached hydrogens (tertiary/aromatic N) is 2. The van der Waals surface area contributed by atoms with E-state index in [0.717, 1.165) is 28.5 Å². The largest absolute Gasteiger partial charge is 0.497 e. The van der Waals surface area contributed by atoms with Gasteiger partial charge in [0.25, 0.3) is 0 Å². The van der Waals surface area contributed by atoms with Crippen LogP contribution in [0, 0.1) is 0 Å². The Morgan fingerprint density at radius 3 is 2.26 bits per heavy atom. The minimum atomic E-state index is 0.0887. The second-order valence-corrected chi connectivity index (χ2v) is 6.63. The van der Waals surface area contributed by atoms with E-state index in [1.807, 2.05) is 47.4 Å². The lowest BCUT2D eigenvalue weighted by molar-refractivity contribution is -0.122. The Labute approximate surface area is 160 Å². The predicted octanol–water partition coefficient (Wildman–Crippen LogP) is 2.95. The Hall–Kier alpha value is -2.73. The third kappa shape index (κ3) is 4.17. The van der Waals surface area contributed by atoms with Gasteiger partial charge in [-0.1, -0.05) is 6.07 Å². The van der Waals surface area contributed by atoms with Crippen LogP contribution in [-0.4, -0.2) is 51.3 Å². The van der Waals surface area contributed by atoms with Gasteiger partial charge in [0, 0.05) is 36.4 Å². The monoisotopic (exact) mass is 370 g/mol. The van der Waals surface area contributed by atoms with Crippen LogP contribution in [0.2, 0.25) is 0 Å². The van der Waals surface area contributed by atoms with Gasteiger partial charge in [0.2, 0.25) is 5.91 Å². The molecule has 3 rings (SSSR count). The van der Waals surface area contributed by atoms with E-state index in [1.165, 1.54) is 0 Å². The molecular weight excluding hydrogens is 344 g/mol.